The van der Waals surface area contributed by atoms with Crippen LogP contribution in [0.2, 0.25) is 5.02 Å². The Balaban J connectivity index is 1.35. The van der Waals surface area contributed by atoms with Crippen LogP contribution >= 0.6 is 11.6 Å². The first-order chi connectivity index (χ1) is 15.0. The fourth-order valence-corrected chi connectivity index (χ4v) is 4.69. The highest BCUT2D eigenvalue weighted by Gasteiger charge is 2.44. The van der Waals surface area contributed by atoms with Crippen LogP contribution in [0.4, 0.5) is 15.9 Å². The third-order valence-corrected chi connectivity index (χ3v) is 6.56. The molecule has 0 spiro atoms. The van der Waals surface area contributed by atoms with Crippen LogP contribution in [-0.4, -0.2) is 61.1 Å². The Labute approximate surface area is 185 Å². The summed E-state index contributed by atoms with van der Waals surface area (Å²) < 4.78 is 14.5. The van der Waals surface area contributed by atoms with E-state index in [-0.39, 0.29) is 41.2 Å². The molecule has 164 valence electrons. The summed E-state index contributed by atoms with van der Waals surface area (Å²) in [5.41, 5.74) is 10.7. The topological polar surface area (TPSA) is 75.8 Å². The first-order valence-electron chi connectivity index (χ1n) is 10.4. The molecule has 31 heavy (non-hydrogen) atoms. The number of para-hydroxylation sites is 1. The molecule has 0 radical (unpaired) electrons. The number of amides is 1. The molecule has 10 heteroatoms. The number of hydrazine groups is 2. The summed E-state index contributed by atoms with van der Waals surface area (Å²) >= 11 is 6.20. The Bertz CT molecular complexity index is 946. The van der Waals surface area contributed by atoms with Gasteiger partial charge in [-0.1, -0.05) is 23.7 Å². The van der Waals surface area contributed by atoms with Crippen molar-refractivity contribution in [3.05, 3.63) is 52.9 Å². The average Bonchev–Trinajstić information content (AvgIpc) is 3.17. The minimum atomic E-state index is -0.541. The number of hydrogen-bond acceptors (Lipinski definition) is 7. The minimum Gasteiger partial charge on any atom is -0.354 e. The second kappa shape index (κ2) is 8.33. The molecular weight excluding hydrogens is 421 g/mol. The lowest BCUT2D eigenvalue weighted by Crippen LogP contribution is -2.60. The van der Waals surface area contributed by atoms with Gasteiger partial charge in [0.15, 0.2) is 0 Å². The summed E-state index contributed by atoms with van der Waals surface area (Å²) in [5, 5.41) is 1.43. The lowest BCUT2D eigenvalue weighted by Gasteiger charge is -2.37. The van der Waals surface area contributed by atoms with E-state index in [1.165, 1.54) is 17.1 Å². The van der Waals surface area contributed by atoms with Gasteiger partial charge in [-0.2, -0.15) is 0 Å². The summed E-state index contributed by atoms with van der Waals surface area (Å²) in [5.74, 6) is 0.179. The van der Waals surface area contributed by atoms with Crippen molar-refractivity contribution >= 4 is 29.0 Å². The number of halogens is 2. The summed E-state index contributed by atoms with van der Waals surface area (Å²) in [7, 11) is 2.13. The van der Waals surface area contributed by atoms with Crippen molar-refractivity contribution in [3.63, 3.8) is 0 Å². The second-order valence-corrected chi connectivity index (χ2v) is 8.68. The zero-order chi connectivity index (χ0) is 21.5. The predicted octanol–water partition coefficient (Wildman–Crippen LogP) is 1.45. The van der Waals surface area contributed by atoms with Crippen LogP contribution in [0, 0.1) is 5.82 Å². The van der Waals surface area contributed by atoms with Crippen LogP contribution in [0.1, 0.15) is 18.0 Å². The number of hydrogen-bond donors (Lipinski definition) is 3. The maximum Gasteiger partial charge on any atom is 0.243 e. The number of pyridine rings is 1. The molecular formula is C21H25ClFN7O. The SMILES string of the molecule is CN1CCN(c2ccc(C3NNC4CC(=O)N(c5c(F)cccc5Cl)NC43)cn2)CC1. The first-order valence-corrected chi connectivity index (χ1v) is 10.8. The number of carbonyl (C=O) groups is 1. The summed E-state index contributed by atoms with van der Waals surface area (Å²) in [4.78, 5) is 21.9. The molecule has 1 aromatic carbocycles. The number of anilines is 2. The van der Waals surface area contributed by atoms with E-state index >= 15 is 0 Å². The molecule has 4 heterocycles. The monoisotopic (exact) mass is 445 g/mol. The maximum absolute atomic E-state index is 14.5. The van der Waals surface area contributed by atoms with Crippen LogP contribution in [0.15, 0.2) is 36.5 Å². The van der Waals surface area contributed by atoms with Crippen LogP contribution < -0.4 is 26.2 Å². The van der Waals surface area contributed by atoms with Gasteiger partial charge >= 0.3 is 0 Å². The van der Waals surface area contributed by atoms with Crippen molar-refractivity contribution in [2.24, 2.45) is 0 Å². The van der Waals surface area contributed by atoms with Gasteiger partial charge in [0, 0.05) is 44.8 Å². The number of rotatable bonds is 3. The fourth-order valence-electron chi connectivity index (χ4n) is 4.44. The third-order valence-electron chi connectivity index (χ3n) is 6.26. The molecule has 3 atom stereocenters. The summed E-state index contributed by atoms with van der Waals surface area (Å²) in [6, 6.07) is 8.04. The molecule has 2 aromatic rings. The van der Waals surface area contributed by atoms with E-state index in [9.17, 15) is 9.18 Å². The molecule has 0 saturated carbocycles. The summed E-state index contributed by atoms with van der Waals surface area (Å²) in [6.45, 7) is 3.96. The molecule has 3 N–H and O–H groups in total. The van der Waals surface area contributed by atoms with Crippen LogP contribution in [0.3, 0.4) is 0 Å². The molecule has 1 amide bonds. The Morgan fingerprint density at radius 3 is 2.65 bits per heavy atom. The number of aromatic nitrogens is 1. The van der Waals surface area contributed by atoms with Crippen LogP contribution in [0.25, 0.3) is 0 Å². The van der Waals surface area contributed by atoms with Crippen LogP contribution in [-0.2, 0) is 4.79 Å². The standard InChI is InChI=1S/C21H25ClFN7O/c1-28-7-9-29(10-8-28)17-6-5-13(12-24-17)19-20-16(25-26-19)11-18(31)30(27-20)21-14(22)3-2-4-15(21)23/h2-6,12,16,19-20,25-27H,7-11H2,1H3. The van der Waals surface area contributed by atoms with E-state index in [0.29, 0.717) is 0 Å². The molecule has 1 aromatic heterocycles. The van der Waals surface area contributed by atoms with Gasteiger partial charge in [-0.05, 0) is 30.8 Å². The molecule has 3 aliphatic rings. The number of likely N-dealkylation sites (N-methyl/N-ethyl adjacent to an activating group) is 1. The Morgan fingerprint density at radius 1 is 1.13 bits per heavy atom. The lowest BCUT2D eigenvalue weighted by atomic mass is 9.94. The number of fused-ring (bicyclic) bond motifs is 1. The zero-order valence-electron chi connectivity index (χ0n) is 17.2. The van der Waals surface area contributed by atoms with E-state index in [1.54, 1.807) is 6.07 Å². The van der Waals surface area contributed by atoms with Gasteiger partial charge in [-0.25, -0.2) is 25.2 Å². The molecule has 5 rings (SSSR count). The highest BCUT2D eigenvalue weighted by Crippen LogP contribution is 2.34. The normalized spacial score (nSPS) is 26.9. The van der Waals surface area contributed by atoms with Gasteiger partial charge in [-0.3, -0.25) is 10.2 Å². The van der Waals surface area contributed by atoms with E-state index in [1.807, 2.05) is 12.3 Å². The van der Waals surface area contributed by atoms with Gasteiger partial charge < -0.3 is 9.80 Å². The van der Waals surface area contributed by atoms with E-state index < -0.39 is 5.82 Å². The minimum absolute atomic E-state index is 0.0572. The summed E-state index contributed by atoms with van der Waals surface area (Å²) in [6.07, 6.45) is 2.09. The number of nitrogens with zero attached hydrogens (tertiary/aromatic N) is 4. The Hall–Kier alpha value is -2.30. The number of carbonyl (C=O) groups excluding carboxylic acids is 1. The van der Waals surface area contributed by atoms with Crippen LogP contribution in [0.5, 0.6) is 0 Å². The van der Waals surface area contributed by atoms with Crippen molar-refractivity contribution in [3.8, 4) is 0 Å². The Kier molecular flexibility index (Phi) is 5.53. The average molecular weight is 446 g/mol. The van der Waals surface area contributed by atoms with Gasteiger partial charge in [0.2, 0.25) is 5.91 Å². The molecule has 3 saturated heterocycles. The lowest BCUT2D eigenvalue weighted by molar-refractivity contribution is -0.121. The van der Waals surface area contributed by atoms with Gasteiger partial charge in [0.25, 0.3) is 0 Å². The largest absolute Gasteiger partial charge is 0.354 e. The van der Waals surface area contributed by atoms with Gasteiger partial charge in [-0.15, -0.1) is 0 Å². The smallest absolute Gasteiger partial charge is 0.243 e. The maximum atomic E-state index is 14.5. The third kappa shape index (κ3) is 3.88. The van der Waals surface area contributed by atoms with Gasteiger partial charge in [0.1, 0.15) is 17.3 Å². The van der Waals surface area contributed by atoms with Crippen molar-refractivity contribution in [2.45, 2.75) is 24.5 Å². The van der Waals surface area contributed by atoms with Crippen molar-refractivity contribution < 1.29 is 9.18 Å². The molecule has 8 nitrogen and oxygen atoms in total. The predicted molar refractivity (Wildman–Crippen MR) is 117 cm³/mol. The fraction of sp³-hybridized carbons (Fsp3) is 0.429. The zero-order valence-corrected chi connectivity index (χ0v) is 17.9. The van der Waals surface area contributed by atoms with Crippen molar-refractivity contribution in [1.82, 2.24) is 26.2 Å². The first kappa shape index (κ1) is 20.6. The second-order valence-electron chi connectivity index (χ2n) is 8.27. The van der Waals surface area contributed by atoms with Gasteiger partial charge in [0.05, 0.1) is 17.1 Å². The van der Waals surface area contributed by atoms with E-state index in [2.05, 4.69) is 44.2 Å². The molecule has 0 aliphatic carbocycles. The van der Waals surface area contributed by atoms with Crippen molar-refractivity contribution in [1.29, 1.82) is 0 Å². The molecule has 0 bridgehead atoms. The van der Waals surface area contributed by atoms with E-state index in [4.69, 9.17) is 11.6 Å². The number of nitrogens with one attached hydrogen (secondary N) is 3. The molecule has 3 aliphatic heterocycles. The number of benzene rings is 1. The van der Waals surface area contributed by atoms with Crippen molar-refractivity contribution in [2.75, 3.05) is 43.1 Å². The Morgan fingerprint density at radius 2 is 1.94 bits per heavy atom. The van der Waals surface area contributed by atoms with E-state index in [0.717, 1.165) is 37.6 Å². The quantitative estimate of drug-likeness (QED) is 0.660. The highest BCUT2D eigenvalue weighted by atomic mass is 35.5. The molecule has 3 unspecified atom stereocenters. The highest BCUT2D eigenvalue weighted by molar-refractivity contribution is 6.33. The number of piperazine rings is 1. The molecule has 3 fully saturated rings.